The number of carbonyl (C=O) groups excluding carboxylic acids is 1. The van der Waals surface area contributed by atoms with Gasteiger partial charge in [-0.1, -0.05) is 23.7 Å². The molecular formula is C19H16ClF4NO2. The largest absolute Gasteiger partial charge is 0.416 e. The van der Waals surface area contributed by atoms with Crippen LogP contribution in [0.25, 0.3) is 0 Å². The number of fused-ring (bicyclic) bond motifs is 1. The molecule has 0 aliphatic heterocycles. The smallest absolute Gasteiger partial charge is 0.387 e. The van der Waals surface area contributed by atoms with Gasteiger partial charge < -0.3 is 5.11 Å². The van der Waals surface area contributed by atoms with Crippen LogP contribution in [-0.2, 0) is 23.1 Å². The Morgan fingerprint density at radius 1 is 1.33 bits per heavy atom. The third kappa shape index (κ3) is 3.84. The van der Waals surface area contributed by atoms with E-state index >= 15 is 4.39 Å². The number of aromatic nitrogens is 1. The molecule has 0 saturated carbocycles. The van der Waals surface area contributed by atoms with Crippen LogP contribution in [0.5, 0.6) is 0 Å². The summed E-state index contributed by atoms with van der Waals surface area (Å²) < 4.78 is 53.5. The Bertz CT molecular complexity index is 871. The molecule has 0 bridgehead atoms. The van der Waals surface area contributed by atoms with Crippen LogP contribution in [-0.4, -0.2) is 15.9 Å². The number of halogens is 5. The number of rotatable bonds is 4. The number of carbonyl (C=O) groups is 1. The number of Topliss-reactive ketones (excluding diaryl/α,β-unsaturated/α-hetero) is 1. The monoisotopic (exact) mass is 401 g/mol. The van der Waals surface area contributed by atoms with Crippen molar-refractivity contribution in [2.24, 2.45) is 0 Å². The number of hydrogen-bond donors (Lipinski definition) is 1. The van der Waals surface area contributed by atoms with E-state index in [1.54, 1.807) is 0 Å². The van der Waals surface area contributed by atoms with E-state index < -0.39 is 29.3 Å². The summed E-state index contributed by atoms with van der Waals surface area (Å²) in [6.45, 7) is 0. The van der Waals surface area contributed by atoms with Gasteiger partial charge in [-0.25, -0.2) is 4.39 Å². The van der Waals surface area contributed by atoms with Gasteiger partial charge in [0.1, 0.15) is 0 Å². The Balaban J connectivity index is 1.78. The fourth-order valence-electron chi connectivity index (χ4n) is 3.29. The molecule has 0 saturated heterocycles. The number of benzene rings is 1. The molecule has 0 unspecified atom stereocenters. The van der Waals surface area contributed by atoms with Crippen LogP contribution in [0, 0.1) is 0 Å². The van der Waals surface area contributed by atoms with Crippen molar-refractivity contribution in [1.82, 2.24) is 4.98 Å². The van der Waals surface area contributed by atoms with Gasteiger partial charge in [0.25, 0.3) is 0 Å². The number of aryl methyl sites for hydroxylation is 1. The molecule has 1 aromatic carbocycles. The number of alkyl halides is 4. The van der Waals surface area contributed by atoms with Crippen molar-refractivity contribution in [3.05, 3.63) is 63.9 Å². The number of ketones is 1. The summed E-state index contributed by atoms with van der Waals surface area (Å²) in [4.78, 5) is 16.6. The van der Waals surface area contributed by atoms with Crippen LogP contribution in [0.1, 0.15) is 47.8 Å². The average Bonchev–Trinajstić information content (AvgIpc) is 2.63. The first-order valence-corrected chi connectivity index (χ1v) is 8.72. The number of pyridine rings is 1. The van der Waals surface area contributed by atoms with Gasteiger partial charge in [-0.2, -0.15) is 13.2 Å². The van der Waals surface area contributed by atoms with Crippen LogP contribution in [0.2, 0.25) is 5.02 Å². The minimum absolute atomic E-state index is 0.0135. The first kappa shape index (κ1) is 19.8. The van der Waals surface area contributed by atoms with Crippen molar-refractivity contribution < 1.29 is 27.5 Å². The molecule has 1 heterocycles. The normalized spacial score (nSPS) is 22.4. The highest BCUT2D eigenvalue weighted by Crippen LogP contribution is 2.43. The molecule has 1 aliphatic rings. The van der Waals surface area contributed by atoms with E-state index in [1.165, 1.54) is 24.4 Å². The molecule has 0 spiro atoms. The quantitative estimate of drug-likeness (QED) is 0.738. The highest BCUT2D eigenvalue weighted by Gasteiger charge is 2.46. The van der Waals surface area contributed by atoms with Crippen molar-refractivity contribution in [1.29, 1.82) is 0 Å². The Kier molecular flexibility index (Phi) is 5.27. The van der Waals surface area contributed by atoms with E-state index in [0.29, 0.717) is 5.56 Å². The molecule has 1 aromatic heterocycles. The molecule has 0 amide bonds. The zero-order valence-electron chi connectivity index (χ0n) is 14.1. The molecule has 2 aromatic rings. The molecular weight excluding hydrogens is 386 g/mol. The molecule has 3 rings (SSSR count). The fraction of sp³-hybridized carbons (Fsp3) is 0.368. The Morgan fingerprint density at radius 3 is 2.74 bits per heavy atom. The topological polar surface area (TPSA) is 50.2 Å². The summed E-state index contributed by atoms with van der Waals surface area (Å²) in [7, 11) is 0. The first-order valence-electron chi connectivity index (χ1n) is 8.34. The van der Waals surface area contributed by atoms with Crippen LogP contribution < -0.4 is 0 Å². The van der Waals surface area contributed by atoms with Gasteiger partial charge in [0.15, 0.2) is 11.5 Å². The lowest BCUT2D eigenvalue weighted by molar-refractivity contribution is -0.137. The summed E-state index contributed by atoms with van der Waals surface area (Å²) in [6, 6.07) is 5.79. The van der Waals surface area contributed by atoms with Gasteiger partial charge >= 0.3 is 6.18 Å². The summed E-state index contributed by atoms with van der Waals surface area (Å²) in [5.74, 6) is -0.709. The molecule has 1 N–H and O–H groups in total. The van der Waals surface area contributed by atoms with Crippen molar-refractivity contribution in [3.8, 4) is 0 Å². The van der Waals surface area contributed by atoms with E-state index in [0.717, 1.165) is 12.1 Å². The third-order valence-corrected chi connectivity index (χ3v) is 5.14. The molecule has 144 valence electrons. The fourth-order valence-corrected chi connectivity index (χ4v) is 3.56. The minimum Gasteiger partial charge on any atom is -0.387 e. The van der Waals surface area contributed by atoms with Crippen LogP contribution in [0.4, 0.5) is 17.6 Å². The van der Waals surface area contributed by atoms with Crippen molar-refractivity contribution in [2.75, 3.05) is 0 Å². The summed E-state index contributed by atoms with van der Waals surface area (Å²) in [6.07, 6.45) is -4.35. The van der Waals surface area contributed by atoms with Gasteiger partial charge in [0.2, 0.25) is 0 Å². The highest BCUT2D eigenvalue weighted by molar-refractivity contribution is 6.31. The second-order valence-corrected chi connectivity index (χ2v) is 6.93. The predicted molar refractivity (Wildman–Crippen MR) is 91.0 cm³/mol. The average molecular weight is 402 g/mol. The van der Waals surface area contributed by atoms with E-state index in [9.17, 15) is 23.1 Å². The Labute approximate surface area is 158 Å². The Hall–Kier alpha value is -1.99. The van der Waals surface area contributed by atoms with Crippen LogP contribution in [0.3, 0.4) is 0 Å². The van der Waals surface area contributed by atoms with Gasteiger partial charge in [0, 0.05) is 23.2 Å². The van der Waals surface area contributed by atoms with E-state index in [2.05, 4.69) is 4.98 Å². The van der Waals surface area contributed by atoms with Gasteiger partial charge in [0.05, 0.1) is 17.4 Å². The molecule has 1 aliphatic carbocycles. The zero-order valence-corrected chi connectivity index (χ0v) is 14.8. The molecule has 27 heavy (non-hydrogen) atoms. The highest BCUT2D eigenvalue weighted by atomic mass is 35.5. The van der Waals surface area contributed by atoms with Crippen molar-refractivity contribution in [2.45, 2.75) is 43.6 Å². The lowest BCUT2D eigenvalue weighted by Crippen LogP contribution is -2.36. The van der Waals surface area contributed by atoms with E-state index in [1.807, 2.05) is 0 Å². The lowest BCUT2D eigenvalue weighted by atomic mass is 9.77. The summed E-state index contributed by atoms with van der Waals surface area (Å²) in [5.41, 5.74) is -2.63. The Morgan fingerprint density at radius 2 is 2.07 bits per heavy atom. The molecule has 2 atom stereocenters. The number of aliphatic hydroxyl groups is 1. The maximum absolute atomic E-state index is 15.5. The molecule has 0 fully saturated rings. The van der Waals surface area contributed by atoms with Gasteiger partial charge in [-0.3, -0.25) is 9.78 Å². The second kappa shape index (κ2) is 7.20. The number of aliphatic hydroxyl groups excluding tert-OH is 1. The molecule has 8 heteroatoms. The SMILES string of the molecule is O=C(CCc1ccc(C(F)(F)F)cc1Cl)[C@]1(F)CC[C@H](O)c2ncccc21. The molecule has 0 radical (unpaired) electrons. The van der Waals surface area contributed by atoms with Gasteiger partial charge in [-0.05, 0) is 43.0 Å². The standard InChI is InChI=1S/C19H16ClF4NO2/c20-14-10-12(19(22,23)24)5-3-11(14)4-6-16(27)18(21)8-7-15(26)17-13(18)2-1-9-25-17/h1-3,5,9-10,15,26H,4,6-8H2/t15-,18-/m0/s1. The van der Waals surface area contributed by atoms with Crippen molar-refractivity contribution >= 4 is 17.4 Å². The second-order valence-electron chi connectivity index (χ2n) is 6.52. The lowest BCUT2D eigenvalue weighted by Gasteiger charge is -2.32. The summed E-state index contributed by atoms with van der Waals surface area (Å²) in [5, 5.41) is 9.84. The summed E-state index contributed by atoms with van der Waals surface area (Å²) >= 11 is 5.89. The number of nitrogens with zero attached hydrogens (tertiary/aromatic N) is 1. The van der Waals surface area contributed by atoms with Crippen LogP contribution >= 0.6 is 11.6 Å². The zero-order chi connectivity index (χ0) is 19.8. The predicted octanol–water partition coefficient (Wildman–Crippen LogP) is 4.95. The maximum atomic E-state index is 15.5. The maximum Gasteiger partial charge on any atom is 0.416 e. The molecule has 3 nitrogen and oxygen atoms in total. The first-order chi connectivity index (χ1) is 12.6. The number of hydrogen-bond acceptors (Lipinski definition) is 3. The van der Waals surface area contributed by atoms with Crippen LogP contribution in [0.15, 0.2) is 36.5 Å². The minimum atomic E-state index is -4.51. The van der Waals surface area contributed by atoms with Crippen molar-refractivity contribution in [3.63, 3.8) is 0 Å². The third-order valence-electron chi connectivity index (χ3n) is 4.79. The van der Waals surface area contributed by atoms with Gasteiger partial charge in [-0.15, -0.1) is 0 Å². The van der Waals surface area contributed by atoms with E-state index in [-0.39, 0.29) is 42.0 Å². The van der Waals surface area contributed by atoms with E-state index in [4.69, 9.17) is 11.6 Å².